The average Bonchev–Trinajstić information content (AvgIpc) is 3.29. The zero-order valence-corrected chi connectivity index (χ0v) is 22.9. The first-order valence-corrected chi connectivity index (χ1v) is 14.1. The second kappa shape index (κ2) is 11.6. The van der Waals surface area contributed by atoms with Crippen LogP contribution in [0.3, 0.4) is 0 Å². The molecule has 0 spiro atoms. The molecule has 1 aromatic heterocycles. The van der Waals surface area contributed by atoms with E-state index in [1.54, 1.807) is 33.5 Å². The number of fused-ring (bicyclic) bond motifs is 1. The molecule has 1 fully saturated rings. The molecule has 1 aliphatic heterocycles. The van der Waals surface area contributed by atoms with Gasteiger partial charge < -0.3 is 23.5 Å². The largest absolute Gasteiger partial charge is 0.497 e. The second-order valence-corrected chi connectivity index (χ2v) is 11.4. The summed E-state index contributed by atoms with van der Waals surface area (Å²) in [5, 5.41) is 0. The van der Waals surface area contributed by atoms with Gasteiger partial charge in [-0.25, -0.2) is 8.42 Å². The molecule has 2 heterocycles. The highest BCUT2D eigenvalue weighted by atomic mass is 32.2. The number of benzene rings is 2. The van der Waals surface area contributed by atoms with Crippen molar-refractivity contribution < 1.29 is 32.2 Å². The summed E-state index contributed by atoms with van der Waals surface area (Å²) >= 11 is 1.35. The molecule has 1 aliphatic rings. The Morgan fingerprint density at radius 1 is 0.973 bits per heavy atom. The van der Waals surface area contributed by atoms with Crippen LogP contribution in [0.1, 0.15) is 12.8 Å². The fraction of sp³-hybridized carbons (Fsp3) is 0.440. The molecule has 10 nitrogen and oxygen atoms in total. The molecular formula is C25H31N3O7S2. The van der Waals surface area contributed by atoms with Crippen LogP contribution in [-0.4, -0.2) is 71.3 Å². The quantitative estimate of drug-likeness (QED) is 0.404. The lowest BCUT2D eigenvalue weighted by Crippen LogP contribution is -2.40. The summed E-state index contributed by atoms with van der Waals surface area (Å²) in [7, 11) is 2.68. The van der Waals surface area contributed by atoms with E-state index < -0.39 is 10.0 Å². The Morgan fingerprint density at radius 3 is 2.22 bits per heavy atom. The molecular weight excluding hydrogens is 518 g/mol. The number of piperidine rings is 1. The van der Waals surface area contributed by atoms with Gasteiger partial charge in [-0.1, -0.05) is 11.3 Å². The summed E-state index contributed by atoms with van der Waals surface area (Å²) in [4.78, 5) is 18.4. The van der Waals surface area contributed by atoms with Crippen LogP contribution in [0.4, 0.5) is 0 Å². The van der Waals surface area contributed by atoms with E-state index in [0.29, 0.717) is 48.0 Å². The van der Waals surface area contributed by atoms with Crippen molar-refractivity contribution in [3.8, 4) is 17.2 Å². The molecule has 0 saturated carbocycles. The third-order valence-corrected chi connectivity index (χ3v) is 9.42. The maximum absolute atomic E-state index is 13.2. The Hall–Kier alpha value is -2.93. The lowest BCUT2D eigenvalue weighted by atomic mass is 9.98. The number of hydrogen-bond acceptors (Lipinski definition) is 8. The maximum Gasteiger partial charge on any atom is 0.251 e. The number of ether oxygens (including phenoxy) is 4. The molecule has 12 heteroatoms. The summed E-state index contributed by atoms with van der Waals surface area (Å²) < 4.78 is 51.8. The van der Waals surface area contributed by atoms with Gasteiger partial charge in [0.1, 0.15) is 27.5 Å². The molecule has 0 atom stereocenters. The molecule has 0 radical (unpaired) electrons. The smallest absolute Gasteiger partial charge is 0.251 e. The fourth-order valence-corrected chi connectivity index (χ4v) is 7.00. The first-order valence-electron chi connectivity index (χ1n) is 11.8. The molecule has 0 unspecified atom stereocenters. The van der Waals surface area contributed by atoms with Crippen LogP contribution < -0.4 is 19.0 Å². The molecule has 3 aromatic rings. The van der Waals surface area contributed by atoms with Crippen LogP contribution in [-0.2, 0) is 26.1 Å². The number of rotatable bonds is 9. The third kappa shape index (κ3) is 5.52. The van der Waals surface area contributed by atoms with E-state index in [0.717, 1.165) is 10.2 Å². The highest BCUT2D eigenvalue weighted by molar-refractivity contribution is 7.89. The van der Waals surface area contributed by atoms with Gasteiger partial charge in [-0.05, 0) is 49.2 Å². The first kappa shape index (κ1) is 27.1. The van der Waals surface area contributed by atoms with E-state index in [2.05, 4.69) is 4.99 Å². The van der Waals surface area contributed by atoms with Crippen molar-refractivity contribution in [2.24, 2.45) is 10.9 Å². The van der Waals surface area contributed by atoms with Gasteiger partial charge >= 0.3 is 0 Å². The third-order valence-electron chi connectivity index (χ3n) is 6.42. The molecule has 200 valence electrons. The number of aromatic nitrogens is 1. The number of carbonyl (C=O) groups is 1. The van der Waals surface area contributed by atoms with Crippen molar-refractivity contribution in [1.82, 2.24) is 8.87 Å². The standard InChI is InChI=1S/C25H31N3O7S2/c1-32-16-15-28-22-20(34-3)9-10-21(35-4)23(22)36-25(28)26-24(29)17-11-13-27(14-12-17)37(30,31)19-7-5-18(33-2)6-8-19/h5-10,17H,11-16H2,1-4H3. The first-order chi connectivity index (χ1) is 17.8. The number of nitrogens with zero attached hydrogens (tertiary/aromatic N) is 3. The van der Waals surface area contributed by atoms with E-state index in [1.807, 2.05) is 16.7 Å². The minimum absolute atomic E-state index is 0.204. The van der Waals surface area contributed by atoms with Crippen molar-refractivity contribution in [3.05, 3.63) is 41.2 Å². The molecule has 1 amide bonds. The Labute approximate surface area is 220 Å². The van der Waals surface area contributed by atoms with Gasteiger partial charge in [0.15, 0.2) is 4.80 Å². The predicted molar refractivity (Wildman–Crippen MR) is 140 cm³/mol. The Bertz CT molecular complexity index is 1420. The Kier molecular flexibility index (Phi) is 8.53. The normalized spacial score (nSPS) is 15.7. The van der Waals surface area contributed by atoms with E-state index in [-0.39, 0.29) is 29.8 Å². The number of amides is 1. The maximum atomic E-state index is 13.2. The highest BCUT2D eigenvalue weighted by Crippen LogP contribution is 2.35. The average molecular weight is 550 g/mol. The Balaban J connectivity index is 1.58. The lowest BCUT2D eigenvalue weighted by Gasteiger charge is -2.29. The molecule has 0 aliphatic carbocycles. The second-order valence-electron chi connectivity index (χ2n) is 8.48. The molecule has 2 aromatic carbocycles. The minimum atomic E-state index is -3.65. The zero-order valence-electron chi connectivity index (χ0n) is 21.3. The summed E-state index contributed by atoms with van der Waals surface area (Å²) in [5.74, 6) is 1.26. The van der Waals surface area contributed by atoms with Crippen LogP contribution in [0.25, 0.3) is 10.2 Å². The van der Waals surface area contributed by atoms with Crippen LogP contribution in [0, 0.1) is 5.92 Å². The Morgan fingerprint density at radius 2 is 1.62 bits per heavy atom. The topological polar surface area (TPSA) is 109 Å². The van der Waals surface area contributed by atoms with Crippen LogP contribution in [0.5, 0.6) is 17.2 Å². The van der Waals surface area contributed by atoms with Crippen LogP contribution >= 0.6 is 11.3 Å². The monoisotopic (exact) mass is 549 g/mol. The van der Waals surface area contributed by atoms with E-state index in [4.69, 9.17) is 18.9 Å². The van der Waals surface area contributed by atoms with Crippen LogP contribution in [0.2, 0.25) is 0 Å². The van der Waals surface area contributed by atoms with Gasteiger partial charge in [0, 0.05) is 32.7 Å². The van der Waals surface area contributed by atoms with Crippen molar-refractivity contribution >= 4 is 37.5 Å². The summed E-state index contributed by atoms with van der Waals surface area (Å²) in [6.45, 7) is 1.40. The number of carbonyl (C=O) groups excluding carboxylic acids is 1. The summed E-state index contributed by atoms with van der Waals surface area (Å²) in [5.41, 5.74) is 0.788. The van der Waals surface area contributed by atoms with Gasteiger partial charge in [0.2, 0.25) is 10.0 Å². The van der Waals surface area contributed by atoms with Crippen molar-refractivity contribution in [1.29, 1.82) is 0 Å². The molecule has 4 rings (SSSR count). The van der Waals surface area contributed by atoms with Gasteiger partial charge in [-0.2, -0.15) is 9.30 Å². The number of sulfonamides is 1. The lowest BCUT2D eigenvalue weighted by molar-refractivity contribution is -0.122. The van der Waals surface area contributed by atoms with E-state index >= 15 is 0 Å². The highest BCUT2D eigenvalue weighted by Gasteiger charge is 2.32. The zero-order chi connectivity index (χ0) is 26.6. The van der Waals surface area contributed by atoms with Crippen molar-refractivity contribution in [2.75, 3.05) is 48.1 Å². The predicted octanol–water partition coefficient (Wildman–Crippen LogP) is 2.90. The SMILES string of the molecule is COCCn1c(=NC(=O)C2CCN(S(=O)(=O)c3ccc(OC)cc3)CC2)sc2c(OC)ccc(OC)c21. The molecule has 0 bridgehead atoms. The van der Waals surface area contributed by atoms with Crippen LogP contribution in [0.15, 0.2) is 46.3 Å². The van der Waals surface area contributed by atoms with Crippen molar-refractivity contribution in [3.63, 3.8) is 0 Å². The van der Waals surface area contributed by atoms with Gasteiger partial charge in [-0.3, -0.25) is 4.79 Å². The van der Waals surface area contributed by atoms with E-state index in [9.17, 15) is 13.2 Å². The number of thiazole rings is 1. The van der Waals surface area contributed by atoms with Gasteiger partial charge in [0.25, 0.3) is 5.91 Å². The van der Waals surface area contributed by atoms with Gasteiger partial charge in [-0.15, -0.1) is 0 Å². The number of hydrogen-bond donors (Lipinski definition) is 0. The molecule has 0 N–H and O–H groups in total. The molecule has 37 heavy (non-hydrogen) atoms. The number of methoxy groups -OCH3 is 4. The summed E-state index contributed by atoms with van der Waals surface area (Å²) in [6, 6.07) is 9.95. The minimum Gasteiger partial charge on any atom is -0.497 e. The van der Waals surface area contributed by atoms with E-state index in [1.165, 1.54) is 34.9 Å². The molecule has 1 saturated heterocycles. The summed E-state index contributed by atoms with van der Waals surface area (Å²) in [6.07, 6.45) is 0.792. The van der Waals surface area contributed by atoms with Gasteiger partial charge in [0.05, 0.1) is 32.8 Å². The van der Waals surface area contributed by atoms with Crippen molar-refractivity contribution in [2.45, 2.75) is 24.3 Å². The fourth-order valence-electron chi connectivity index (χ4n) is 4.35.